The van der Waals surface area contributed by atoms with Crippen molar-refractivity contribution in [1.29, 1.82) is 0 Å². The van der Waals surface area contributed by atoms with Gasteiger partial charge in [-0.25, -0.2) is 4.39 Å². The molecule has 1 aromatic carbocycles. The summed E-state index contributed by atoms with van der Waals surface area (Å²) in [5.41, 5.74) is 1.34. The molecule has 20 heavy (non-hydrogen) atoms. The van der Waals surface area contributed by atoms with Gasteiger partial charge in [0.25, 0.3) is 5.91 Å². The van der Waals surface area contributed by atoms with Gasteiger partial charge in [-0.1, -0.05) is 13.8 Å². The highest BCUT2D eigenvalue weighted by atomic mass is 19.1. The number of nitrogens with one attached hydrogen (secondary N) is 1. The molecule has 0 radical (unpaired) electrons. The number of carbonyl (C=O) groups excluding carboxylic acids is 1. The SMILES string of the molecule is Cc1cc(C(=O)NCCCC(C)(C)CO)cc(C)c1F. The van der Waals surface area contributed by atoms with Crippen molar-refractivity contribution in [3.63, 3.8) is 0 Å². The highest BCUT2D eigenvalue weighted by molar-refractivity contribution is 5.94. The smallest absolute Gasteiger partial charge is 0.251 e. The van der Waals surface area contributed by atoms with Gasteiger partial charge >= 0.3 is 0 Å². The summed E-state index contributed by atoms with van der Waals surface area (Å²) in [7, 11) is 0. The molecule has 0 unspecified atom stereocenters. The minimum Gasteiger partial charge on any atom is -0.396 e. The molecule has 0 bridgehead atoms. The maximum Gasteiger partial charge on any atom is 0.251 e. The van der Waals surface area contributed by atoms with Gasteiger partial charge in [-0.15, -0.1) is 0 Å². The zero-order chi connectivity index (χ0) is 15.3. The third kappa shape index (κ3) is 4.60. The predicted octanol–water partition coefficient (Wildman–Crippen LogP) is 2.97. The number of carbonyl (C=O) groups is 1. The summed E-state index contributed by atoms with van der Waals surface area (Å²) >= 11 is 0. The Morgan fingerprint density at radius 1 is 1.30 bits per heavy atom. The molecule has 1 amide bonds. The van der Waals surface area contributed by atoms with Gasteiger partial charge in [-0.3, -0.25) is 4.79 Å². The second-order valence-corrected chi connectivity index (χ2v) is 6.11. The van der Waals surface area contributed by atoms with Gasteiger partial charge in [-0.2, -0.15) is 0 Å². The Morgan fingerprint density at radius 2 is 1.85 bits per heavy atom. The molecular formula is C16H24FNO2. The van der Waals surface area contributed by atoms with Gasteiger partial charge in [0.2, 0.25) is 0 Å². The fourth-order valence-electron chi connectivity index (χ4n) is 2.03. The van der Waals surface area contributed by atoms with Crippen LogP contribution in [-0.4, -0.2) is 24.2 Å². The lowest BCUT2D eigenvalue weighted by Crippen LogP contribution is -2.26. The Morgan fingerprint density at radius 3 is 2.35 bits per heavy atom. The number of hydrogen-bond acceptors (Lipinski definition) is 2. The van der Waals surface area contributed by atoms with Crippen LogP contribution < -0.4 is 5.32 Å². The maximum absolute atomic E-state index is 13.5. The second-order valence-electron chi connectivity index (χ2n) is 6.11. The molecule has 0 fully saturated rings. The van der Waals surface area contributed by atoms with Crippen LogP contribution in [0.5, 0.6) is 0 Å². The molecule has 4 heteroatoms. The van der Waals surface area contributed by atoms with Crippen molar-refractivity contribution in [2.24, 2.45) is 5.41 Å². The second kappa shape index (κ2) is 6.84. The van der Waals surface area contributed by atoms with E-state index < -0.39 is 0 Å². The van der Waals surface area contributed by atoms with E-state index in [1.54, 1.807) is 26.0 Å². The Bertz CT molecular complexity index is 460. The highest BCUT2D eigenvalue weighted by Crippen LogP contribution is 2.20. The fraction of sp³-hybridized carbons (Fsp3) is 0.562. The first-order chi connectivity index (χ1) is 9.26. The summed E-state index contributed by atoms with van der Waals surface area (Å²) in [6, 6.07) is 3.13. The Hall–Kier alpha value is -1.42. The lowest BCUT2D eigenvalue weighted by atomic mass is 9.89. The summed E-state index contributed by atoms with van der Waals surface area (Å²) in [6.07, 6.45) is 1.64. The molecule has 0 aliphatic heterocycles. The van der Waals surface area contributed by atoms with Crippen molar-refractivity contribution in [2.45, 2.75) is 40.5 Å². The predicted molar refractivity (Wildman–Crippen MR) is 78.3 cm³/mol. The zero-order valence-electron chi connectivity index (χ0n) is 12.7. The fourth-order valence-corrected chi connectivity index (χ4v) is 2.03. The summed E-state index contributed by atoms with van der Waals surface area (Å²) in [5, 5.41) is 12.0. The van der Waals surface area contributed by atoms with E-state index in [-0.39, 0.29) is 23.7 Å². The van der Waals surface area contributed by atoms with Crippen LogP contribution in [0.4, 0.5) is 4.39 Å². The quantitative estimate of drug-likeness (QED) is 0.788. The van der Waals surface area contributed by atoms with E-state index in [1.165, 1.54) is 0 Å². The van der Waals surface area contributed by atoms with Crippen LogP contribution in [0.3, 0.4) is 0 Å². The van der Waals surface area contributed by atoms with E-state index >= 15 is 0 Å². The molecule has 0 heterocycles. The van der Waals surface area contributed by atoms with Crippen LogP contribution in [0, 0.1) is 25.1 Å². The molecule has 3 nitrogen and oxygen atoms in total. The normalized spacial score (nSPS) is 11.5. The molecule has 0 aliphatic carbocycles. The molecule has 0 saturated carbocycles. The Labute approximate surface area is 120 Å². The van der Waals surface area contributed by atoms with E-state index in [0.717, 1.165) is 12.8 Å². The van der Waals surface area contributed by atoms with Crippen LogP contribution in [0.2, 0.25) is 0 Å². The van der Waals surface area contributed by atoms with Gasteiger partial charge in [0.1, 0.15) is 5.82 Å². The van der Waals surface area contributed by atoms with Crippen molar-refractivity contribution >= 4 is 5.91 Å². The highest BCUT2D eigenvalue weighted by Gasteiger charge is 2.16. The topological polar surface area (TPSA) is 49.3 Å². The van der Waals surface area contributed by atoms with Crippen LogP contribution in [0.1, 0.15) is 48.2 Å². The van der Waals surface area contributed by atoms with Gasteiger partial charge in [-0.05, 0) is 55.4 Å². The number of amides is 1. The van der Waals surface area contributed by atoms with E-state index in [2.05, 4.69) is 5.32 Å². The molecule has 112 valence electrons. The summed E-state index contributed by atoms with van der Waals surface area (Å²) in [4.78, 5) is 12.0. The molecule has 0 aromatic heterocycles. The van der Waals surface area contributed by atoms with Crippen LogP contribution in [0.25, 0.3) is 0 Å². The zero-order valence-corrected chi connectivity index (χ0v) is 12.7. The molecule has 1 aromatic rings. The minimum absolute atomic E-state index is 0.117. The minimum atomic E-state index is -0.258. The molecule has 2 N–H and O–H groups in total. The number of hydrogen-bond donors (Lipinski definition) is 2. The number of aliphatic hydroxyl groups excluding tert-OH is 1. The third-order valence-electron chi connectivity index (χ3n) is 3.44. The lowest BCUT2D eigenvalue weighted by Gasteiger charge is -2.21. The first-order valence-electron chi connectivity index (χ1n) is 6.92. The molecule has 0 saturated heterocycles. The van der Waals surface area contributed by atoms with Crippen molar-refractivity contribution in [3.05, 3.63) is 34.6 Å². The van der Waals surface area contributed by atoms with Gasteiger partial charge in [0.15, 0.2) is 0 Å². The largest absolute Gasteiger partial charge is 0.396 e. The van der Waals surface area contributed by atoms with E-state index in [1.807, 2.05) is 13.8 Å². The summed E-state index contributed by atoms with van der Waals surface area (Å²) < 4.78 is 13.5. The van der Waals surface area contributed by atoms with E-state index in [0.29, 0.717) is 23.2 Å². The molecule has 0 spiro atoms. The summed E-state index contributed by atoms with van der Waals surface area (Å²) in [5.74, 6) is -0.441. The average molecular weight is 281 g/mol. The van der Waals surface area contributed by atoms with Gasteiger partial charge in [0, 0.05) is 18.7 Å². The third-order valence-corrected chi connectivity index (χ3v) is 3.44. The van der Waals surface area contributed by atoms with Gasteiger partial charge in [0.05, 0.1) is 0 Å². The Kier molecular flexibility index (Phi) is 5.69. The molecule has 0 atom stereocenters. The van der Waals surface area contributed by atoms with E-state index in [4.69, 9.17) is 5.11 Å². The van der Waals surface area contributed by atoms with Crippen molar-refractivity contribution in [3.8, 4) is 0 Å². The number of benzene rings is 1. The molecule has 1 rings (SSSR count). The number of aliphatic hydroxyl groups is 1. The van der Waals surface area contributed by atoms with Crippen molar-refractivity contribution in [2.75, 3.05) is 13.2 Å². The van der Waals surface area contributed by atoms with E-state index in [9.17, 15) is 9.18 Å². The van der Waals surface area contributed by atoms with Crippen LogP contribution >= 0.6 is 0 Å². The lowest BCUT2D eigenvalue weighted by molar-refractivity contribution is 0.0948. The van der Waals surface area contributed by atoms with Gasteiger partial charge < -0.3 is 10.4 Å². The summed E-state index contributed by atoms with van der Waals surface area (Å²) in [6.45, 7) is 7.98. The van der Waals surface area contributed by atoms with Crippen LogP contribution in [-0.2, 0) is 0 Å². The maximum atomic E-state index is 13.5. The number of halogens is 1. The number of rotatable bonds is 6. The molecular weight excluding hydrogens is 257 g/mol. The van der Waals surface area contributed by atoms with Crippen molar-refractivity contribution in [1.82, 2.24) is 5.32 Å². The number of aryl methyl sites for hydroxylation is 2. The first-order valence-corrected chi connectivity index (χ1v) is 6.92. The molecule has 0 aliphatic rings. The van der Waals surface area contributed by atoms with Crippen molar-refractivity contribution < 1.29 is 14.3 Å². The van der Waals surface area contributed by atoms with Crippen LogP contribution in [0.15, 0.2) is 12.1 Å². The average Bonchev–Trinajstić information content (AvgIpc) is 2.40. The Balaban J connectivity index is 2.52. The monoisotopic (exact) mass is 281 g/mol. The first kappa shape index (κ1) is 16.6. The standard InChI is InChI=1S/C16H24FNO2/c1-11-8-13(9-12(2)14(11)17)15(20)18-7-5-6-16(3,4)10-19/h8-9,19H,5-7,10H2,1-4H3,(H,18,20).